The van der Waals surface area contributed by atoms with Gasteiger partial charge in [-0.25, -0.2) is 4.98 Å². The number of thiazole rings is 1. The van der Waals surface area contributed by atoms with E-state index in [1.807, 2.05) is 36.4 Å². The Morgan fingerprint density at radius 1 is 1.17 bits per heavy atom. The molecule has 0 aliphatic rings. The van der Waals surface area contributed by atoms with Gasteiger partial charge in [-0.15, -0.1) is 11.3 Å². The van der Waals surface area contributed by atoms with Gasteiger partial charge in [0.05, 0.1) is 15.2 Å². The maximum atomic E-state index is 12.3. The Morgan fingerprint density at radius 2 is 1.91 bits per heavy atom. The van der Waals surface area contributed by atoms with Crippen LogP contribution in [0.2, 0.25) is 0 Å². The normalized spacial score (nSPS) is 12.4. The maximum Gasteiger partial charge on any atom is 0.162 e. The van der Waals surface area contributed by atoms with E-state index in [9.17, 15) is 4.79 Å². The van der Waals surface area contributed by atoms with Crippen LogP contribution in [0.1, 0.15) is 47.5 Å². The van der Waals surface area contributed by atoms with Crippen molar-refractivity contribution in [2.75, 3.05) is 0 Å². The SMILES string of the molecule is CCC(CCC(=O)c1ccc(Br)cc1)c1nc2ccccc2s1. The molecule has 0 saturated carbocycles. The van der Waals surface area contributed by atoms with Crippen LogP contribution in [0.15, 0.2) is 53.0 Å². The van der Waals surface area contributed by atoms with Gasteiger partial charge in [-0.1, -0.05) is 47.1 Å². The number of para-hydroxylation sites is 1. The van der Waals surface area contributed by atoms with Crippen LogP contribution in [0.4, 0.5) is 0 Å². The lowest BCUT2D eigenvalue weighted by Gasteiger charge is -2.11. The first-order valence-electron chi connectivity index (χ1n) is 7.81. The van der Waals surface area contributed by atoms with Crippen molar-refractivity contribution in [3.05, 3.63) is 63.6 Å². The molecule has 1 atom stereocenters. The highest BCUT2D eigenvalue weighted by molar-refractivity contribution is 9.10. The molecule has 3 aromatic rings. The van der Waals surface area contributed by atoms with Gasteiger partial charge in [-0.2, -0.15) is 0 Å². The topological polar surface area (TPSA) is 30.0 Å². The summed E-state index contributed by atoms with van der Waals surface area (Å²) in [4.78, 5) is 17.1. The summed E-state index contributed by atoms with van der Waals surface area (Å²) in [6.07, 6.45) is 2.43. The number of carbonyl (C=O) groups excluding carboxylic acids is 1. The van der Waals surface area contributed by atoms with Crippen molar-refractivity contribution in [2.24, 2.45) is 0 Å². The minimum atomic E-state index is 0.206. The summed E-state index contributed by atoms with van der Waals surface area (Å²) in [5.41, 5.74) is 1.84. The summed E-state index contributed by atoms with van der Waals surface area (Å²) < 4.78 is 2.22. The largest absolute Gasteiger partial charge is 0.294 e. The van der Waals surface area contributed by atoms with Crippen LogP contribution in [-0.2, 0) is 0 Å². The van der Waals surface area contributed by atoms with Crippen molar-refractivity contribution in [1.82, 2.24) is 4.98 Å². The van der Waals surface area contributed by atoms with Crippen LogP contribution in [0.25, 0.3) is 10.2 Å². The van der Waals surface area contributed by atoms with Gasteiger partial charge in [-0.05, 0) is 37.1 Å². The van der Waals surface area contributed by atoms with Gasteiger partial charge in [0.15, 0.2) is 5.78 Å². The molecule has 0 spiro atoms. The molecule has 0 aliphatic carbocycles. The fraction of sp³-hybridized carbons (Fsp3) is 0.263. The molecule has 118 valence electrons. The van der Waals surface area contributed by atoms with Crippen molar-refractivity contribution in [3.63, 3.8) is 0 Å². The predicted octanol–water partition coefficient (Wildman–Crippen LogP) is 6.22. The number of nitrogens with zero attached hydrogens (tertiary/aromatic N) is 1. The molecular formula is C19H18BrNOS. The highest BCUT2D eigenvalue weighted by Crippen LogP contribution is 2.32. The van der Waals surface area contributed by atoms with Crippen LogP contribution < -0.4 is 0 Å². The van der Waals surface area contributed by atoms with Crippen LogP contribution in [0, 0.1) is 0 Å². The molecule has 23 heavy (non-hydrogen) atoms. The molecule has 0 N–H and O–H groups in total. The molecule has 3 rings (SSSR count). The van der Waals surface area contributed by atoms with Crippen molar-refractivity contribution in [1.29, 1.82) is 0 Å². The van der Waals surface area contributed by atoms with Gasteiger partial charge in [-0.3, -0.25) is 4.79 Å². The predicted molar refractivity (Wildman–Crippen MR) is 100 cm³/mol. The second kappa shape index (κ2) is 7.37. The zero-order valence-corrected chi connectivity index (χ0v) is 15.4. The van der Waals surface area contributed by atoms with E-state index < -0.39 is 0 Å². The lowest BCUT2D eigenvalue weighted by atomic mass is 9.97. The Labute approximate surface area is 148 Å². The molecule has 1 aromatic heterocycles. The quantitative estimate of drug-likeness (QED) is 0.470. The summed E-state index contributed by atoms with van der Waals surface area (Å²) in [6.45, 7) is 2.17. The van der Waals surface area contributed by atoms with Crippen LogP contribution in [0.5, 0.6) is 0 Å². The first-order valence-corrected chi connectivity index (χ1v) is 9.42. The highest BCUT2D eigenvalue weighted by Gasteiger charge is 2.16. The Morgan fingerprint density at radius 3 is 2.61 bits per heavy atom. The van der Waals surface area contributed by atoms with E-state index in [0.717, 1.165) is 33.4 Å². The Hall–Kier alpha value is -1.52. The number of ketones is 1. The maximum absolute atomic E-state index is 12.3. The number of fused-ring (bicyclic) bond motifs is 1. The molecule has 2 nitrogen and oxygen atoms in total. The second-order valence-corrected chi connectivity index (χ2v) is 7.57. The summed E-state index contributed by atoms with van der Waals surface area (Å²) >= 11 is 5.15. The lowest BCUT2D eigenvalue weighted by molar-refractivity contribution is 0.0977. The van der Waals surface area contributed by atoms with E-state index >= 15 is 0 Å². The van der Waals surface area contributed by atoms with Crippen LogP contribution in [-0.4, -0.2) is 10.8 Å². The first-order chi connectivity index (χ1) is 11.2. The Kier molecular flexibility index (Phi) is 5.23. The molecule has 0 bridgehead atoms. The first kappa shape index (κ1) is 16.3. The molecule has 0 amide bonds. The molecule has 1 unspecified atom stereocenters. The van der Waals surface area contributed by atoms with Crippen molar-refractivity contribution >= 4 is 43.3 Å². The molecule has 4 heteroatoms. The average Bonchev–Trinajstić information content (AvgIpc) is 2.99. The van der Waals surface area contributed by atoms with E-state index in [-0.39, 0.29) is 5.78 Å². The van der Waals surface area contributed by atoms with Crippen LogP contribution in [0.3, 0.4) is 0 Å². The van der Waals surface area contributed by atoms with Gasteiger partial charge in [0.2, 0.25) is 0 Å². The number of aromatic nitrogens is 1. The van der Waals surface area contributed by atoms with Crippen molar-refractivity contribution in [2.45, 2.75) is 32.1 Å². The number of benzene rings is 2. The van der Waals surface area contributed by atoms with E-state index in [4.69, 9.17) is 4.98 Å². The number of hydrogen-bond donors (Lipinski definition) is 0. The number of rotatable bonds is 6. The summed E-state index contributed by atoms with van der Waals surface area (Å²) in [7, 11) is 0. The number of Topliss-reactive ketones (excluding diaryl/α,β-unsaturated/α-hetero) is 1. The van der Waals surface area contributed by atoms with E-state index in [1.54, 1.807) is 11.3 Å². The minimum absolute atomic E-state index is 0.206. The monoisotopic (exact) mass is 387 g/mol. The summed E-state index contributed by atoms with van der Waals surface area (Å²) in [6, 6.07) is 15.8. The standard InChI is InChI=1S/C19H18BrNOS/c1-2-13(19-21-16-5-3-4-6-18(16)23-19)9-12-17(22)14-7-10-15(20)11-8-14/h3-8,10-11,13H,2,9,12H2,1H3. The third-order valence-corrected chi connectivity index (χ3v) is 5.77. The Balaban J connectivity index is 1.69. The smallest absolute Gasteiger partial charge is 0.162 e. The van der Waals surface area contributed by atoms with Gasteiger partial charge in [0.1, 0.15) is 0 Å². The van der Waals surface area contributed by atoms with Crippen molar-refractivity contribution in [3.8, 4) is 0 Å². The van der Waals surface area contributed by atoms with Gasteiger partial charge in [0, 0.05) is 22.4 Å². The molecule has 0 fully saturated rings. The van der Waals surface area contributed by atoms with Crippen molar-refractivity contribution < 1.29 is 4.79 Å². The lowest BCUT2D eigenvalue weighted by Crippen LogP contribution is -2.04. The summed E-state index contributed by atoms with van der Waals surface area (Å²) in [5.74, 6) is 0.559. The fourth-order valence-corrected chi connectivity index (χ4v) is 4.10. The molecular weight excluding hydrogens is 370 g/mol. The zero-order valence-electron chi connectivity index (χ0n) is 13.0. The summed E-state index contributed by atoms with van der Waals surface area (Å²) in [5, 5.41) is 1.15. The molecule has 2 aromatic carbocycles. The van der Waals surface area contributed by atoms with E-state index in [0.29, 0.717) is 12.3 Å². The molecule has 0 saturated heterocycles. The average molecular weight is 388 g/mol. The van der Waals surface area contributed by atoms with Crippen LogP contribution >= 0.6 is 27.3 Å². The fourth-order valence-electron chi connectivity index (χ4n) is 2.65. The molecule has 0 radical (unpaired) electrons. The molecule has 0 aliphatic heterocycles. The van der Waals surface area contributed by atoms with Gasteiger partial charge < -0.3 is 0 Å². The van der Waals surface area contributed by atoms with E-state index in [2.05, 4.69) is 35.0 Å². The Bertz CT molecular complexity index is 777. The molecule has 1 heterocycles. The minimum Gasteiger partial charge on any atom is -0.294 e. The van der Waals surface area contributed by atoms with E-state index in [1.165, 1.54) is 4.70 Å². The third kappa shape index (κ3) is 3.88. The highest BCUT2D eigenvalue weighted by atomic mass is 79.9. The number of hydrogen-bond acceptors (Lipinski definition) is 3. The number of halogens is 1. The van der Waals surface area contributed by atoms with Gasteiger partial charge >= 0.3 is 0 Å². The second-order valence-electron chi connectivity index (χ2n) is 5.59. The third-order valence-electron chi connectivity index (χ3n) is 4.04. The zero-order chi connectivity index (χ0) is 16.2. The van der Waals surface area contributed by atoms with Gasteiger partial charge in [0.25, 0.3) is 0 Å². The number of carbonyl (C=O) groups is 1.